The largest absolute Gasteiger partial charge is 0.480 e. The van der Waals surface area contributed by atoms with E-state index in [0.29, 0.717) is 36.9 Å². The quantitative estimate of drug-likeness (QED) is 0.828. The maximum absolute atomic E-state index is 12.7. The summed E-state index contributed by atoms with van der Waals surface area (Å²) in [6, 6.07) is 0. The average molecular weight is 375 g/mol. The Morgan fingerprint density at radius 3 is 2.35 bits per heavy atom. The number of carboxylic acid groups (broad SMARTS) is 1. The number of nitrogens with one attached hydrogen (secondary N) is 1. The van der Waals surface area contributed by atoms with Gasteiger partial charge in [-0.3, -0.25) is 9.48 Å². The summed E-state index contributed by atoms with van der Waals surface area (Å²) in [6.07, 6.45) is -1.37. The van der Waals surface area contributed by atoms with E-state index >= 15 is 0 Å². The van der Waals surface area contributed by atoms with E-state index in [1.165, 1.54) is 6.92 Å². The van der Waals surface area contributed by atoms with E-state index < -0.39 is 36.1 Å². The van der Waals surface area contributed by atoms with Crippen molar-refractivity contribution in [1.82, 2.24) is 15.1 Å². The molecule has 1 amide bonds. The summed E-state index contributed by atoms with van der Waals surface area (Å²) in [6.45, 7) is 3.36. The highest BCUT2D eigenvalue weighted by molar-refractivity contribution is 5.90. The van der Waals surface area contributed by atoms with Crippen LogP contribution in [0.15, 0.2) is 0 Å². The Morgan fingerprint density at radius 2 is 1.85 bits per heavy atom. The number of carbonyl (C=O) groups excluding carboxylic acids is 1. The van der Waals surface area contributed by atoms with Gasteiger partial charge in [-0.1, -0.05) is 19.3 Å². The third-order valence-corrected chi connectivity index (χ3v) is 5.07. The number of rotatable bonds is 5. The van der Waals surface area contributed by atoms with Gasteiger partial charge in [-0.25, -0.2) is 4.79 Å². The molecule has 6 nitrogen and oxygen atoms in total. The van der Waals surface area contributed by atoms with E-state index in [-0.39, 0.29) is 5.69 Å². The number of hydrogen-bond donors (Lipinski definition) is 2. The van der Waals surface area contributed by atoms with E-state index in [2.05, 4.69) is 10.4 Å². The first-order valence-corrected chi connectivity index (χ1v) is 8.63. The minimum absolute atomic E-state index is 0.260. The highest BCUT2D eigenvalue weighted by Crippen LogP contribution is 2.31. The second-order valence-corrected chi connectivity index (χ2v) is 7.02. The molecule has 0 radical (unpaired) electrons. The molecule has 1 aromatic rings. The van der Waals surface area contributed by atoms with Crippen molar-refractivity contribution in [3.8, 4) is 0 Å². The fraction of sp³-hybridized carbons (Fsp3) is 0.706. The first kappa shape index (κ1) is 20.3. The Balaban J connectivity index is 2.24. The minimum Gasteiger partial charge on any atom is -0.480 e. The molecular weight excluding hydrogens is 351 g/mol. The van der Waals surface area contributed by atoms with Crippen LogP contribution in [-0.4, -0.2) is 38.5 Å². The molecule has 1 unspecified atom stereocenters. The first-order chi connectivity index (χ1) is 12.0. The van der Waals surface area contributed by atoms with Crippen LogP contribution < -0.4 is 5.32 Å². The Labute approximate surface area is 149 Å². The molecule has 1 aromatic heterocycles. The van der Waals surface area contributed by atoms with Crippen LogP contribution in [0.4, 0.5) is 13.2 Å². The van der Waals surface area contributed by atoms with Crippen LogP contribution in [0.3, 0.4) is 0 Å². The maximum Gasteiger partial charge on any atom is 0.408 e. The minimum atomic E-state index is -4.42. The number of alkyl halides is 3. The van der Waals surface area contributed by atoms with E-state index in [1.807, 2.05) is 0 Å². The van der Waals surface area contributed by atoms with Gasteiger partial charge in [0.2, 0.25) is 5.91 Å². The molecule has 0 bridgehead atoms. The summed E-state index contributed by atoms with van der Waals surface area (Å²) < 4.78 is 38.8. The number of amides is 1. The van der Waals surface area contributed by atoms with Gasteiger partial charge in [0, 0.05) is 11.3 Å². The molecule has 0 aliphatic heterocycles. The lowest BCUT2D eigenvalue weighted by Crippen LogP contribution is -2.56. The van der Waals surface area contributed by atoms with Crippen LogP contribution in [-0.2, 0) is 16.1 Å². The summed E-state index contributed by atoms with van der Waals surface area (Å²) >= 11 is 0. The molecule has 2 rings (SSSR count). The van der Waals surface area contributed by atoms with Gasteiger partial charge in [0.25, 0.3) is 0 Å². The Bertz CT molecular complexity index is 691. The highest BCUT2D eigenvalue weighted by atomic mass is 19.4. The van der Waals surface area contributed by atoms with Crippen molar-refractivity contribution in [1.29, 1.82) is 0 Å². The molecule has 0 aromatic carbocycles. The first-order valence-electron chi connectivity index (χ1n) is 8.63. The predicted octanol–water partition coefficient (Wildman–Crippen LogP) is 3.07. The van der Waals surface area contributed by atoms with Gasteiger partial charge in [0.1, 0.15) is 12.1 Å². The van der Waals surface area contributed by atoms with Gasteiger partial charge in [0.15, 0.2) is 0 Å². The van der Waals surface area contributed by atoms with Crippen molar-refractivity contribution in [2.75, 3.05) is 0 Å². The van der Waals surface area contributed by atoms with Crippen LogP contribution in [0.1, 0.15) is 61.9 Å². The molecule has 1 aliphatic carbocycles. The Hall–Kier alpha value is -2.06. The van der Waals surface area contributed by atoms with Gasteiger partial charge in [0.05, 0.1) is 11.6 Å². The summed E-state index contributed by atoms with van der Waals surface area (Å²) in [5.41, 5.74) is -0.297. The molecule has 1 heterocycles. The normalized spacial score (nSPS) is 18.4. The standard InChI is InChI=1S/C17H24F3N3O3/c1-10(13-11(2)22-23(12(13)3)9-17(18,19)20)14(24)21-16(15(25)26)7-5-4-6-8-16/h10H,4-9H2,1-3H3,(H,21,24)(H,25,26). The zero-order valence-corrected chi connectivity index (χ0v) is 15.1. The molecule has 2 N–H and O–H groups in total. The predicted molar refractivity (Wildman–Crippen MR) is 87.8 cm³/mol. The number of aryl methyl sites for hydroxylation is 1. The van der Waals surface area contributed by atoms with Gasteiger partial charge in [-0.05, 0) is 33.6 Å². The number of nitrogens with zero attached hydrogens (tertiary/aromatic N) is 2. The number of aromatic nitrogens is 2. The van der Waals surface area contributed by atoms with Crippen molar-refractivity contribution in [2.45, 2.75) is 77.1 Å². The van der Waals surface area contributed by atoms with Gasteiger partial charge in [-0.2, -0.15) is 18.3 Å². The SMILES string of the molecule is Cc1nn(CC(F)(F)F)c(C)c1C(C)C(=O)NC1(C(=O)O)CCCCC1. The van der Waals surface area contributed by atoms with Crippen molar-refractivity contribution >= 4 is 11.9 Å². The average Bonchev–Trinajstić information content (AvgIpc) is 2.79. The Kier molecular flexibility index (Phi) is 5.67. The Morgan fingerprint density at radius 1 is 1.27 bits per heavy atom. The molecular formula is C17H24F3N3O3. The zero-order chi connectivity index (χ0) is 19.7. The monoisotopic (exact) mass is 375 g/mol. The second kappa shape index (κ2) is 7.28. The van der Waals surface area contributed by atoms with Crippen LogP contribution in [0, 0.1) is 13.8 Å². The maximum atomic E-state index is 12.7. The number of hydrogen-bond acceptors (Lipinski definition) is 3. The van der Waals surface area contributed by atoms with Crippen LogP contribution >= 0.6 is 0 Å². The third kappa shape index (κ3) is 4.19. The van der Waals surface area contributed by atoms with Gasteiger partial charge < -0.3 is 10.4 Å². The lowest BCUT2D eigenvalue weighted by molar-refractivity contribution is -0.149. The summed E-state index contributed by atoms with van der Waals surface area (Å²) in [7, 11) is 0. The zero-order valence-electron chi connectivity index (χ0n) is 15.1. The van der Waals surface area contributed by atoms with Gasteiger partial charge >= 0.3 is 12.1 Å². The molecule has 1 aliphatic rings. The van der Waals surface area contributed by atoms with Crippen molar-refractivity contribution < 1.29 is 27.9 Å². The number of carbonyl (C=O) groups is 2. The molecule has 26 heavy (non-hydrogen) atoms. The van der Waals surface area contributed by atoms with Crippen molar-refractivity contribution in [2.24, 2.45) is 0 Å². The highest BCUT2D eigenvalue weighted by Gasteiger charge is 2.42. The van der Waals surface area contributed by atoms with E-state index in [1.54, 1.807) is 13.8 Å². The van der Waals surface area contributed by atoms with Crippen LogP contribution in [0.25, 0.3) is 0 Å². The lowest BCUT2D eigenvalue weighted by Gasteiger charge is -2.34. The molecule has 1 saturated carbocycles. The van der Waals surface area contributed by atoms with Crippen molar-refractivity contribution in [3.05, 3.63) is 17.0 Å². The van der Waals surface area contributed by atoms with Crippen molar-refractivity contribution in [3.63, 3.8) is 0 Å². The smallest absolute Gasteiger partial charge is 0.408 e. The van der Waals surface area contributed by atoms with E-state index in [0.717, 1.165) is 11.1 Å². The number of carboxylic acids is 1. The van der Waals surface area contributed by atoms with E-state index in [9.17, 15) is 27.9 Å². The molecule has 1 atom stereocenters. The number of aliphatic carboxylic acids is 1. The number of halogens is 3. The summed E-state index contributed by atoms with van der Waals surface area (Å²) in [5, 5.41) is 16.1. The summed E-state index contributed by atoms with van der Waals surface area (Å²) in [4.78, 5) is 24.4. The molecule has 9 heteroatoms. The fourth-order valence-electron chi connectivity index (χ4n) is 3.68. The van der Waals surface area contributed by atoms with Crippen LogP contribution in [0.5, 0.6) is 0 Å². The van der Waals surface area contributed by atoms with E-state index in [4.69, 9.17) is 0 Å². The topological polar surface area (TPSA) is 84.2 Å². The van der Waals surface area contributed by atoms with Gasteiger partial charge in [-0.15, -0.1) is 0 Å². The van der Waals surface area contributed by atoms with Crippen LogP contribution in [0.2, 0.25) is 0 Å². The molecule has 0 spiro atoms. The molecule has 1 fully saturated rings. The third-order valence-electron chi connectivity index (χ3n) is 5.07. The fourth-order valence-corrected chi connectivity index (χ4v) is 3.68. The lowest BCUT2D eigenvalue weighted by atomic mass is 9.81. The second-order valence-electron chi connectivity index (χ2n) is 7.02. The molecule has 0 saturated heterocycles. The summed E-state index contributed by atoms with van der Waals surface area (Å²) in [5.74, 6) is -2.37. The molecule has 146 valence electrons.